The molecule has 3 aromatic rings. The van der Waals surface area contributed by atoms with E-state index < -0.39 is 0 Å². The Hall–Kier alpha value is -2.73. The summed E-state index contributed by atoms with van der Waals surface area (Å²) in [5.41, 5.74) is 5.14. The zero-order chi connectivity index (χ0) is 19.0. The van der Waals surface area contributed by atoms with Crippen molar-refractivity contribution in [1.82, 2.24) is 9.78 Å². The number of anilines is 1. The predicted molar refractivity (Wildman–Crippen MR) is 109 cm³/mol. The number of nitrogens with one attached hydrogen (secondary N) is 1. The number of fused-ring (bicyclic) bond motifs is 1. The molecule has 1 N–H and O–H groups in total. The van der Waals surface area contributed by atoms with Crippen LogP contribution in [-0.2, 0) is 4.79 Å². The van der Waals surface area contributed by atoms with Gasteiger partial charge in [0.25, 0.3) is 0 Å². The highest BCUT2D eigenvalue weighted by Gasteiger charge is 2.30. The molecule has 4 rings (SSSR count). The second kappa shape index (κ2) is 7.12. The molecule has 1 atom stereocenters. The van der Waals surface area contributed by atoms with Crippen molar-refractivity contribution in [3.05, 3.63) is 70.9 Å². The van der Waals surface area contributed by atoms with E-state index in [1.165, 1.54) is 0 Å². The van der Waals surface area contributed by atoms with Gasteiger partial charge in [0.2, 0.25) is 5.91 Å². The SMILES string of the molecule is COc1cccc([C@@H]2SCC(=O)Nc3c2c(C)nn3-c2cccc(C)c2)c1. The van der Waals surface area contributed by atoms with Gasteiger partial charge in [0.15, 0.2) is 0 Å². The van der Waals surface area contributed by atoms with Crippen molar-refractivity contribution in [3.8, 4) is 11.4 Å². The molecule has 0 radical (unpaired) electrons. The summed E-state index contributed by atoms with van der Waals surface area (Å²) < 4.78 is 7.23. The lowest BCUT2D eigenvalue weighted by atomic mass is 10.0. The molecule has 0 saturated heterocycles. The topological polar surface area (TPSA) is 56.1 Å². The molecule has 1 aromatic heterocycles. The first-order valence-corrected chi connectivity index (χ1v) is 9.83. The van der Waals surface area contributed by atoms with E-state index in [9.17, 15) is 4.79 Å². The fourth-order valence-corrected chi connectivity index (χ4v) is 4.58. The Morgan fingerprint density at radius 3 is 2.78 bits per heavy atom. The van der Waals surface area contributed by atoms with Gasteiger partial charge < -0.3 is 10.1 Å². The number of carbonyl (C=O) groups is 1. The molecule has 0 bridgehead atoms. The first-order valence-electron chi connectivity index (χ1n) is 8.79. The molecule has 0 saturated carbocycles. The molecule has 27 heavy (non-hydrogen) atoms. The number of amides is 1. The number of nitrogens with zero attached hydrogens (tertiary/aromatic N) is 2. The van der Waals surface area contributed by atoms with E-state index in [1.54, 1.807) is 18.9 Å². The average Bonchev–Trinajstić information content (AvgIpc) is 2.87. The fraction of sp³-hybridized carbons (Fsp3) is 0.238. The highest BCUT2D eigenvalue weighted by atomic mass is 32.2. The number of aryl methyl sites for hydroxylation is 2. The molecular weight excluding hydrogens is 358 g/mol. The molecule has 1 amide bonds. The maximum absolute atomic E-state index is 12.4. The summed E-state index contributed by atoms with van der Waals surface area (Å²) in [6, 6.07) is 16.1. The van der Waals surface area contributed by atoms with Crippen LogP contribution in [0.5, 0.6) is 5.75 Å². The Labute approximate surface area is 162 Å². The van der Waals surface area contributed by atoms with Crippen LogP contribution < -0.4 is 10.1 Å². The van der Waals surface area contributed by atoms with Crippen LogP contribution in [0.3, 0.4) is 0 Å². The summed E-state index contributed by atoms with van der Waals surface area (Å²) in [4.78, 5) is 12.4. The Morgan fingerprint density at radius 1 is 1.19 bits per heavy atom. The molecule has 1 aliphatic rings. The van der Waals surface area contributed by atoms with Crippen molar-refractivity contribution in [2.24, 2.45) is 0 Å². The third-order valence-corrected chi connectivity index (χ3v) is 5.92. The molecule has 0 fully saturated rings. The predicted octanol–water partition coefficient (Wildman–Crippen LogP) is 4.27. The van der Waals surface area contributed by atoms with Gasteiger partial charge in [0.1, 0.15) is 11.6 Å². The van der Waals surface area contributed by atoms with Crippen molar-refractivity contribution in [3.63, 3.8) is 0 Å². The Bertz CT molecular complexity index is 1010. The van der Waals surface area contributed by atoms with Gasteiger partial charge in [0.05, 0.1) is 29.5 Å². The van der Waals surface area contributed by atoms with E-state index in [-0.39, 0.29) is 11.2 Å². The van der Waals surface area contributed by atoms with Crippen LogP contribution in [0.1, 0.15) is 27.6 Å². The Kier molecular flexibility index (Phi) is 4.66. The van der Waals surface area contributed by atoms with Crippen LogP contribution in [0.25, 0.3) is 5.69 Å². The normalized spacial score (nSPS) is 16.4. The summed E-state index contributed by atoms with van der Waals surface area (Å²) >= 11 is 1.61. The summed E-state index contributed by atoms with van der Waals surface area (Å²) in [6.45, 7) is 4.04. The van der Waals surface area contributed by atoms with Crippen molar-refractivity contribution < 1.29 is 9.53 Å². The summed E-state index contributed by atoms with van der Waals surface area (Å²) in [5.74, 6) is 1.94. The standard InChI is InChI=1S/C21H21N3O2S/c1-13-6-4-8-16(10-13)24-21-19(14(2)23-24)20(27-12-18(25)22-21)15-7-5-9-17(11-15)26-3/h4-11,20H,12H2,1-3H3,(H,22,25)/t20-/m0/s1. The van der Waals surface area contributed by atoms with Gasteiger partial charge in [0, 0.05) is 5.56 Å². The van der Waals surface area contributed by atoms with Crippen LogP contribution in [0.2, 0.25) is 0 Å². The van der Waals surface area contributed by atoms with Crippen molar-refractivity contribution in [1.29, 1.82) is 0 Å². The Balaban J connectivity index is 1.89. The first kappa shape index (κ1) is 17.7. The molecule has 0 aliphatic carbocycles. The molecule has 2 aromatic carbocycles. The van der Waals surface area contributed by atoms with Gasteiger partial charge in [-0.1, -0.05) is 24.3 Å². The molecular formula is C21H21N3O2S. The third-order valence-electron chi connectivity index (χ3n) is 4.65. The van der Waals surface area contributed by atoms with E-state index in [1.807, 2.05) is 54.9 Å². The lowest BCUT2D eigenvalue weighted by Gasteiger charge is -2.16. The van der Waals surface area contributed by atoms with E-state index in [0.29, 0.717) is 5.75 Å². The van der Waals surface area contributed by atoms with Crippen LogP contribution in [-0.4, -0.2) is 28.6 Å². The van der Waals surface area contributed by atoms with Crippen molar-refractivity contribution in [2.75, 3.05) is 18.2 Å². The fourth-order valence-electron chi connectivity index (χ4n) is 3.40. The highest BCUT2D eigenvalue weighted by molar-refractivity contribution is 8.00. The minimum Gasteiger partial charge on any atom is -0.497 e. The van der Waals surface area contributed by atoms with Gasteiger partial charge in [-0.25, -0.2) is 4.68 Å². The number of methoxy groups -OCH3 is 1. The lowest BCUT2D eigenvalue weighted by molar-refractivity contribution is -0.113. The third kappa shape index (κ3) is 3.32. The number of carbonyl (C=O) groups excluding carboxylic acids is 1. The van der Waals surface area contributed by atoms with Gasteiger partial charge in [-0.2, -0.15) is 5.10 Å². The monoisotopic (exact) mass is 379 g/mol. The quantitative estimate of drug-likeness (QED) is 0.738. The van der Waals surface area contributed by atoms with E-state index in [0.717, 1.165) is 39.6 Å². The average molecular weight is 379 g/mol. The number of hydrogen-bond acceptors (Lipinski definition) is 4. The van der Waals surface area contributed by atoms with E-state index in [4.69, 9.17) is 9.84 Å². The zero-order valence-corrected chi connectivity index (χ0v) is 16.3. The van der Waals surface area contributed by atoms with Crippen molar-refractivity contribution in [2.45, 2.75) is 19.1 Å². The number of hydrogen-bond donors (Lipinski definition) is 1. The van der Waals surface area contributed by atoms with E-state index >= 15 is 0 Å². The molecule has 2 heterocycles. The maximum atomic E-state index is 12.4. The van der Waals surface area contributed by atoms with E-state index in [2.05, 4.69) is 17.4 Å². The minimum absolute atomic E-state index is 0.00705. The van der Waals surface area contributed by atoms with Crippen molar-refractivity contribution >= 4 is 23.5 Å². The second-order valence-corrected chi connectivity index (χ2v) is 7.71. The second-order valence-electron chi connectivity index (χ2n) is 6.61. The number of ether oxygens (including phenoxy) is 1. The molecule has 0 spiro atoms. The molecule has 6 heteroatoms. The molecule has 138 valence electrons. The van der Waals surface area contributed by atoms with Gasteiger partial charge in [-0.3, -0.25) is 4.79 Å². The first-order chi connectivity index (χ1) is 13.1. The van der Waals surface area contributed by atoms with Gasteiger partial charge in [-0.05, 0) is 49.2 Å². The van der Waals surface area contributed by atoms with Crippen LogP contribution in [0.4, 0.5) is 5.82 Å². The lowest BCUT2D eigenvalue weighted by Crippen LogP contribution is -2.15. The Morgan fingerprint density at radius 2 is 2.00 bits per heavy atom. The number of rotatable bonds is 3. The van der Waals surface area contributed by atoms with Crippen LogP contribution in [0, 0.1) is 13.8 Å². The smallest absolute Gasteiger partial charge is 0.235 e. The molecule has 0 unspecified atom stereocenters. The highest BCUT2D eigenvalue weighted by Crippen LogP contribution is 2.44. The molecule has 1 aliphatic heterocycles. The minimum atomic E-state index is -0.0135. The number of thioether (sulfide) groups is 1. The largest absolute Gasteiger partial charge is 0.497 e. The van der Waals surface area contributed by atoms with Crippen LogP contribution in [0.15, 0.2) is 48.5 Å². The summed E-state index contributed by atoms with van der Waals surface area (Å²) in [6.07, 6.45) is 0. The van der Waals surface area contributed by atoms with Gasteiger partial charge in [-0.15, -0.1) is 11.8 Å². The molecule has 5 nitrogen and oxygen atoms in total. The maximum Gasteiger partial charge on any atom is 0.235 e. The van der Waals surface area contributed by atoms with Crippen LogP contribution >= 0.6 is 11.8 Å². The van der Waals surface area contributed by atoms with Gasteiger partial charge >= 0.3 is 0 Å². The zero-order valence-electron chi connectivity index (χ0n) is 15.5. The number of benzene rings is 2. The summed E-state index contributed by atoms with van der Waals surface area (Å²) in [7, 11) is 1.66. The summed E-state index contributed by atoms with van der Waals surface area (Å²) in [5, 5.41) is 7.83. The number of aromatic nitrogens is 2.